The number of nitrogens with one attached hydrogen (secondary N) is 2. The molecule has 4 heterocycles. The molecule has 2 aromatic heterocycles. The average molecular weight is 545 g/mol. The molecule has 2 aliphatic rings. The van der Waals surface area contributed by atoms with E-state index < -0.39 is 0 Å². The third-order valence-electron chi connectivity index (χ3n) is 8.28. The summed E-state index contributed by atoms with van der Waals surface area (Å²) in [5.41, 5.74) is 13.8. The molecule has 2 aliphatic heterocycles. The Bertz CT molecular complexity index is 1430. The largest absolute Gasteiger partial charge is 0.493 e. The number of nitrogens with zero attached hydrogens (tertiary/aromatic N) is 1. The minimum absolute atomic E-state index is 0.0572. The molecule has 6 rings (SSSR count). The molecule has 2 aromatic carbocycles. The number of H-pyrrole nitrogens is 2. The van der Waals surface area contributed by atoms with E-state index in [-0.39, 0.29) is 11.6 Å². The third-order valence-corrected chi connectivity index (χ3v) is 8.28. The second-order valence-corrected chi connectivity index (χ2v) is 12.3. The van der Waals surface area contributed by atoms with Crippen LogP contribution in [0.5, 0.6) is 11.5 Å². The van der Waals surface area contributed by atoms with E-state index in [0.717, 1.165) is 56.8 Å². The normalized spacial score (nSPS) is 16.3. The summed E-state index contributed by atoms with van der Waals surface area (Å²) in [7, 11) is 0. The lowest BCUT2D eigenvalue weighted by Crippen LogP contribution is -2.32. The van der Waals surface area contributed by atoms with Gasteiger partial charge in [-0.1, -0.05) is 13.8 Å². The Morgan fingerprint density at radius 1 is 0.875 bits per heavy atom. The lowest BCUT2D eigenvalue weighted by Gasteiger charge is -2.33. The Labute approximate surface area is 239 Å². The van der Waals surface area contributed by atoms with Gasteiger partial charge in [-0.05, 0) is 108 Å². The van der Waals surface area contributed by atoms with Gasteiger partial charge in [0.15, 0.2) is 0 Å². The summed E-state index contributed by atoms with van der Waals surface area (Å²) in [6.45, 7) is 15.3. The number of rotatable bonds is 9. The molecule has 0 radical (unpaired) electrons. The number of aromatic amines is 2. The molecule has 6 heteroatoms. The lowest BCUT2D eigenvalue weighted by atomic mass is 9.90. The number of hydrogen-bond donors (Lipinski definition) is 3. The van der Waals surface area contributed by atoms with Gasteiger partial charge in [0, 0.05) is 64.3 Å². The highest BCUT2D eigenvalue weighted by Crippen LogP contribution is 2.39. The van der Waals surface area contributed by atoms with Gasteiger partial charge in [-0.3, -0.25) is 0 Å². The summed E-state index contributed by atoms with van der Waals surface area (Å²) in [5.74, 6) is 2.12. The molecule has 0 saturated heterocycles. The smallest absolute Gasteiger partial charge is 0.124 e. The topological polar surface area (TPSA) is 79.3 Å². The molecular weight excluding hydrogens is 496 g/mol. The fourth-order valence-electron chi connectivity index (χ4n) is 6.42. The SMILES string of the molecule is CC(N)Cc1c[nH]c2ccc3c(c12)CCC(C)(C)O3.CCCN(CCC)CCc1c[nH]c2ccc3c(c12)CCO3. The van der Waals surface area contributed by atoms with Crippen LogP contribution in [0.25, 0.3) is 21.8 Å². The fraction of sp³-hybridized carbons (Fsp3) is 0.529. The minimum Gasteiger partial charge on any atom is -0.493 e. The van der Waals surface area contributed by atoms with E-state index in [1.54, 1.807) is 0 Å². The molecule has 0 aliphatic carbocycles. The third kappa shape index (κ3) is 6.18. The van der Waals surface area contributed by atoms with Crippen LogP contribution in [0.4, 0.5) is 0 Å². The first-order chi connectivity index (χ1) is 19.3. The van der Waals surface area contributed by atoms with Crippen LogP contribution in [0.15, 0.2) is 36.7 Å². The zero-order valence-corrected chi connectivity index (χ0v) is 25.2. The van der Waals surface area contributed by atoms with Crippen molar-refractivity contribution in [3.8, 4) is 11.5 Å². The quantitative estimate of drug-likeness (QED) is 0.213. The minimum atomic E-state index is -0.0572. The number of aryl methyl sites for hydroxylation is 1. The van der Waals surface area contributed by atoms with Crippen molar-refractivity contribution in [2.45, 2.75) is 91.2 Å². The van der Waals surface area contributed by atoms with E-state index in [1.807, 2.05) is 6.92 Å². The molecule has 0 fully saturated rings. The Kier molecular flexibility index (Phi) is 8.77. The molecular formula is C34H48N4O2. The van der Waals surface area contributed by atoms with Crippen molar-refractivity contribution in [1.82, 2.24) is 14.9 Å². The van der Waals surface area contributed by atoms with Gasteiger partial charge in [0.25, 0.3) is 0 Å². The fourth-order valence-corrected chi connectivity index (χ4v) is 6.42. The molecule has 40 heavy (non-hydrogen) atoms. The molecule has 1 atom stereocenters. The molecule has 0 spiro atoms. The van der Waals surface area contributed by atoms with Crippen LogP contribution in [-0.2, 0) is 25.7 Å². The Balaban J connectivity index is 0.000000162. The van der Waals surface area contributed by atoms with Crippen molar-refractivity contribution < 1.29 is 9.47 Å². The highest BCUT2D eigenvalue weighted by molar-refractivity contribution is 5.90. The van der Waals surface area contributed by atoms with Crippen molar-refractivity contribution in [2.24, 2.45) is 5.73 Å². The van der Waals surface area contributed by atoms with Crippen molar-refractivity contribution >= 4 is 21.8 Å². The standard InChI is InChI=1S/C18H26N2O.C16H22N2O/c1-3-9-20(10-4-2)11-7-14-13-19-16-5-6-17-15(18(14)16)8-12-21-17;1-10(17)8-11-9-18-13-4-5-14-12(15(11)13)6-7-16(2,3)19-14/h5-6,13,19H,3-4,7-12H2,1-2H3;4-5,9-10,18H,6-8,17H2,1-3H3. The van der Waals surface area contributed by atoms with Crippen molar-refractivity contribution in [3.05, 3.63) is 58.9 Å². The average Bonchev–Trinajstić information content (AvgIpc) is 3.65. The van der Waals surface area contributed by atoms with E-state index in [4.69, 9.17) is 15.2 Å². The highest BCUT2D eigenvalue weighted by Gasteiger charge is 2.28. The maximum Gasteiger partial charge on any atom is 0.124 e. The predicted octanol–water partition coefficient (Wildman–Crippen LogP) is 6.93. The van der Waals surface area contributed by atoms with E-state index in [9.17, 15) is 0 Å². The number of fused-ring (bicyclic) bond motifs is 6. The Hall–Kier alpha value is -2.96. The van der Waals surface area contributed by atoms with Crippen LogP contribution in [0.3, 0.4) is 0 Å². The van der Waals surface area contributed by atoms with Crippen molar-refractivity contribution in [1.29, 1.82) is 0 Å². The molecule has 0 amide bonds. The highest BCUT2D eigenvalue weighted by atomic mass is 16.5. The summed E-state index contributed by atoms with van der Waals surface area (Å²) in [5, 5.41) is 2.74. The van der Waals surface area contributed by atoms with Crippen LogP contribution in [0, 0.1) is 0 Å². The van der Waals surface area contributed by atoms with E-state index in [2.05, 4.69) is 79.2 Å². The molecule has 1 unspecified atom stereocenters. The summed E-state index contributed by atoms with van der Waals surface area (Å²) < 4.78 is 11.8. The number of nitrogens with two attached hydrogens (primary N) is 1. The summed E-state index contributed by atoms with van der Waals surface area (Å²) in [4.78, 5) is 9.37. The summed E-state index contributed by atoms with van der Waals surface area (Å²) in [6.07, 6.45) is 12.0. The Morgan fingerprint density at radius 2 is 1.50 bits per heavy atom. The van der Waals surface area contributed by atoms with Crippen LogP contribution in [0.1, 0.15) is 76.1 Å². The molecule has 4 N–H and O–H groups in total. The maximum absolute atomic E-state index is 6.11. The first kappa shape index (κ1) is 28.6. The van der Waals surface area contributed by atoms with E-state index >= 15 is 0 Å². The van der Waals surface area contributed by atoms with Gasteiger partial charge in [0.05, 0.1) is 6.61 Å². The van der Waals surface area contributed by atoms with Crippen LogP contribution in [0.2, 0.25) is 0 Å². The van der Waals surface area contributed by atoms with Crippen LogP contribution < -0.4 is 15.2 Å². The van der Waals surface area contributed by atoms with Gasteiger partial charge >= 0.3 is 0 Å². The van der Waals surface area contributed by atoms with Gasteiger partial charge in [0.1, 0.15) is 17.1 Å². The van der Waals surface area contributed by atoms with E-state index in [0.29, 0.717) is 0 Å². The van der Waals surface area contributed by atoms with Gasteiger partial charge in [-0.15, -0.1) is 0 Å². The maximum atomic E-state index is 6.11. The first-order valence-corrected chi connectivity index (χ1v) is 15.3. The molecule has 6 nitrogen and oxygen atoms in total. The van der Waals surface area contributed by atoms with Gasteiger partial charge in [-0.25, -0.2) is 0 Å². The van der Waals surface area contributed by atoms with Gasteiger partial charge < -0.3 is 30.1 Å². The molecule has 4 aromatic rings. The zero-order chi connectivity index (χ0) is 28.3. The van der Waals surface area contributed by atoms with Crippen LogP contribution in [-0.4, -0.2) is 52.8 Å². The van der Waals surface area contributed by atoms with Crippen LogP contribution >= 0.6 is 0 Å². The summed E-state index contributed by atoms with van der Waals surface area (Å²) >= 11 is 0. The van der Waals surface area contributed by atoms with Crippen molar-refractivity contribution in [2.75, 3.05) is 26.2 Å². The zero-order valence-electron chi connectivity index (χ0n) is 25.2. The second kappa shape index (κ2) is 12.3. The molecule has 0 saturated carbocycles. The monoisotopic (exact) mass is 544 g/mol. The Morgan fingerprint density at radius 3 is 2.17 bits per heavy atom. The summed E-state index contributed by atoms with van der Waals surface area (Å²) in [6, 6.07) is 8.63. The first-order valence-electron chi connectivity index (χ1n) is 15.3. The molecule has 0 bridgehead atoms. The number of hydrogen-bond acceptors (Lipinski definition) is 4. The lowest BCUT2D eigenvalue weighted by molar-refractivity contribution is 0.0853. The number of ether oxygens (including phenoxy) is 2. The number of benzene rings is 2. The number of aromatic nitrogens is 2. The van der Waals surface area contributed by atoms with Gasteiger partial charge in [-0.2, -0.15) is 0 Å². The van der Waals surface area contributed by atoms with Gasteiger partial charge in [0.2, 0.25) is 0 Å². The predicted molar refractivity (Wildman–Crippen MR) is 167 cm³/mol. The second-order valence-electron chi connectivity index (χ2n) is 12.3. The molecule has 216 valence electrons. The van der Waals surface area contributed by atoms with E-state index in [1.165, 1.54) is 70.0 Å². The van der Waals surface area contributed by atoms with Crippen molar-refractivity contribution in [3.63, 3.8) is 0 Å².